The zero-order valence-corrected chi connectivity index (χ0v) is 12.8. The molecule has 1 aromatic carbocycles. The lowest BCUT2D eigenvalue weighted by Gasteiger charge is -2.15. The first kappa shape index (κ1) is 15.5. The minimum atomic E-state index is -1.57. The molecule has 0 saturated heterocycles. The zero-order valence-electron chi connectivity index (χ0n) is 10.4. The Bertz CT molecular complexity index is 415. The fourth-order valence-corrected chi connectivity index (χ4v) is 2.86. The highest BCUT2D eigenvalue weighted by Crippen LogP contribution is 2.16. The number of halogens is 1. The van der Waals surface area contributed by atoms with Crippen LogP contribution in [0.2, 0.25) is 0 Å². The number of nitrogens with two attached hydrogens (primary N) is 1. The normalized spacial score (nSPS) is 14.3. The molecule has 1 rings (SSSR count). The molecule has 0 aromatic heterocycles. The van der Waals surface area contributed by atoms with E-state index in [1.807, 2.05) is 19.9 Å². The van der Waals surface area contributed by atoms with Crippen LogP contribution in [-0.4, -0.2) is 16.5 Å². The summed E-state index contributed by atoms with van der Waals surface area (Å²) in [6, 6.07) is 6.35. The van der Waals surface area contributed by atoms with Crippen LogP contribution in [0.25, 0.3) is 0 Å². The second kappa shape index (κ2) is 7.13. The van der Waals surface area contributed by atoms with Crippen LogP contribution < -0.4 is 10.5 Å². The molecule has 100 valence electrons. The van der Waals surface area contributed by atoms with E-state index in [9.17, 15) is 9.35 Å². The number of carbonyl (C=O) groups excluding carboxylic acids is 1. The molecule has 0 heterocycles. The van der Waals surface area contributed by atoms with Gasteiger partial charge in [0.05, 0.1) is 6.04 Å². The third-order valence-electron chi connectivity index (χ3n) is 2.27. The molecule has 1 amide bonds. The van der Waals surface area contributed by atoms with Crippen molar-refractivity contribution in [2.45, 2.75) is 31.2 Å². The summed E-state index contributed by atoms with van der Waals surface area (Å²) in [6.45, 7) is 3.97. The van der Waals surface area contributed by atoms with Gasteiger partial charge in [-0.15, -0.1) is 0 Å². The van der Waals surface area contributed by atoms with Crippen LogP contribution in [-0.2, 0) is 16.2 Å². The largest absolute Gasteiger partial charge is 0.588 e. The van der Waals surface area contributed by atoms with E-state index in [2.05, 4.69) is 20.7 Å². The SMILES string of the molecule is CC(C)CC(N)C(=O)N[S+]([O-])c1cccc(Br)c1. The maximum atomic E-state index is 11.9. The minimum Gasteiger partial charge on any atom is -0.588 e. The third kappa shape index (κ3) is 4.97. The molecule has 2 atom stereocenters. The van der Waals surface area contributed by atoms with Crippen molar-refractivity contribution in [2.24, 2.45) is 11.7 Å². The van der Waals surface area contributed by atoms with E-state index in [0.717, 1.165) is 4.47 Å². The maximum absolute atomic E-state index is 11.9. The predicted molar refractivity (Wildman–Crippen MR) is 76.1 cm³/mol. The van der Waals surface area contributed by atoms with Crippen molar-refractivity contribution in [1.29, 1.82) is 0 Å². The van der Waals surface area contributed by atoms with Crippen molar-refractivity contribution < 1.29 is 9.35 Å². The standard InChI is InChI=1S/C12H17BrN2O2S/c1-8(2)6-11(14)12(16)15-18(17)10-5-3-4-9(13)7-10/h3-5,7-8,11H,6,14H2,1-2H3,(H,15,16). The minimum absolute atomic E-state index is 0.324. The number of carbonyl (C=O) groups is 1. The number of hydrogen-bond acceptors (Lipinski definition) is 3. The maximum Gasteiger partial charge on any atom is 0.278 e. The molecule has 4 nitrogen and oxygen atoms in total. The molecule has 18 heavy (non-hydrogen) atoms. The quantitative estimate of drug-likeness (QED) is 0.809. The van der Waals surface area contributed by atoms with Gasteiger partial charge in [0.1, 0.15) is 11.4 Å². The second-order valence-corrected chi connectivity index (χ2v) is 6.56. The molecule has 1 aromatic rings. The van der Waals surface area contributed by atoms with Gasteiger partial charge in [-0.2, -0.15) is 4.72 Å². The lowest BCUT2D eigenvalue weighted by atomic mass is 10.0. The molecular weight excluding hydrogens is 316 g/mol. The van der Waals surface area contributed by atoms with Gasteiger partial charge >= 0.3 is 0 Å². The fourth-order valence-electron chi connectivity index (χ4n) is 1.42. The van der Waals surface area contributed by atoms with Gasteiger partial charge in [-0.25, -0.2) is 0 Å². The first-order valence-corrected chi connectivity index (χ1v) is 7.58. The second-order valence-electron chi connectivity index (χ2n) is 4.43. The fraction of sp³-hybridized carbons (Fsp3) is 0.417. The number of benzene rings is 1. The van der Waals surface area contributed by atoms with E-state index in [0.29, 0.717) is 17.2 Å². The van der Waals surface area contributed by atoms with Crippen LogP contribution in [0.15, 0.2) is 33.6 Å². The van der Waals surface area contributed by atoms with E-state index >= 15 is 0 Å². The molecule has 0 aliphatic carbocycles. The monoisotopic (exact) mass is 332 g/mol. The predicted octanol–water partition coefficient (Wildman–Crippen LogP) is 1.96. The van der Waals surface area contributed by atoms with Crippen LogP contribution in [0.4, 0.5) is 0 Å². The number of amides is 1. The number of nitrogens with one attached hydrogen (secondary N) is 1. The summed E-state index contributed by atoms with van der Waals surface area (Å²) in [4.78, 5) is 12.2. The van der Waals surface area contributed by atoms with Gasteiger partial charge in [0.25, 0.3) is 5.91 Å². The van der Waals surface area contributed by atoms with Gasteiger partial charge < -0.3 is 10.3 Å². The smallest absolute Gasteiger partial charge is 0.278 e. The summed E-state index contributed by atoms with van der Waals surface area (Å²) < 4.78 is 15.1. The summed E-state index contributed by atoms with van der Waals surface area (Å²) in [5.41, 5.74) is 5.72. The Labute approximate surface area is 119 Å². The van der Waals surface area contributed by atoms with Gasteiger partial charge in [-0.1, -0.05) is 35.8 Å². The summed E-state index contributed by atoms with van der Waals surface area (Å²) in [5.74, 6) is -0.0629. The van der Waals surface area contributed by atoms with E-state index in [-0.39, 0.29) is 5.91 Å². The molecule has 0 fully saturated rings. The number of rotatable bonds is 5. The van der Waals surface area contributed by atoms with Crippen molar-refractivity contribution in [3.05, 3.63) is 28.7 Å². The molecule has 0 saturated carbocycles. The summed E-state index contributed by atoms with van der Waals surface area (Å²) in [7, 11) is 0. The highest BCUT2D eigenvalue weighted by molar-refractivity contribution is 9.10. The molecule has 0 bridgehead atoms. The molecular formula is C12H17BrN2O2S. The van der Waals surface area contributed by atoms with Crippen molar-refractivity contribution >= 4 is 33.2 Å². The first-order chi connectivity index (χ1) is 8.40. The van der Waals surface area contributed by atoms with Crippen LogP contribution >= 0.6 is 15.9 Å². The molecule has 6 heteroatoms. The van der Waals surface area contributed by atoms with Crippen LogP contribution in [0.5, 0.6) is 0 Å². The summed E-state index contributed by atoms with van der Waals surface area (Å²) in [6.07, 6.45) is 0.571. The van der Waals surface area contributed by atoms with E-state index in [1.165, 1.54) is 0 Å². The Morgan fingerprint density at radius 1 is 1.56 bits per heavy atom. The molecule has 3 N–H and O–H groups in total. The van der Waals surface area contributed by atoms with Gasteiger partial charge in [0, 0.05) is 10.5 Å². The molecule has 0 aliphatic heterocycles. The van der Waals surface area contributed by atoms with Crippen molar-refractivity contribution in [3.63, 3.8) is 0 Å². The Balaban J connectivity index is 2.59. The van der Waals surface area contributed by atoms with E-state index < -0.39 is 17.4 Å². The zero-order chi connectivity index (χ0) is 13.7. The third-order valence-corrected chi connectivity index (χ3v) is 3.83. The highest BCUT2D eigenvalue weighted by atomic mass is 79.9. The molecule has 0 aliphatic rings. The van der Waals surface area contributed by atoms with Crippen LogP contribution in [0.1, 0.15) is 20.3 Å². The Morgan fingerprint density at radius 2 is 2.22 bits per heavy atom. The first-order valence-electron chi connectivity index (χ1n) is 5.63. The highest BCUT2D eigenvalue weighted by Gasteiger charge is 2.21. The van der Waals surface area contributed by atoms with Gasteiger partial charge in [0.15, 0.2) is 4.90 Å². The van der Waals surface area contributed by atoms with Crippen molar-refractivity contribution in [1.82, 2.24) is 4.72 Å². The van der Waals surface area contributed by atoms with Crippen LogP contribution in [0.3, 0.4) is 0 Å². The van der Waals surface area contributed by atoms with Gasteiger partial charge in [0.2, 0.25) is 0 Å². The lowest BCUT2D eigenvalue weighted by Crippen LogP contribution is -2.43. The number of hydrogen-bond donors (Lipinski definition) is 2. The lowest BCUT2D eigenvalue weighted by molar-refractivity contribution is -0.120. The summed E-state index contributed by atoms with van der Waals surface area (Å²) in [5, 5.41) is 0. The van der Waals surface area contributed by atoms with Gasteiger partial charge in [-0.3, -0.25) is 4.79 Å². The van der Waals surface area contributed by atoms with Crippen molar-refractivity contribution in [3.8, 4) is 0 Å². The van der Waals surface area contributed by atoms with Crippen molar-refractivity contribution in [2.75, 3.05) is 0 Å². The van der Waals surface area contributed by atoms with E-state index in [1.54, 1.807) is 18.2 Å². The molecule has 0 spiro atoms. The molecule has 0 radical (unpaired) electrons. The average molecular weight is 333 g/mol. The Hall–Kier alpha value is -0.560. The summed E-state index contributed by atoms with van der Waals surface area (Å²) >= 11 is 1.72. The average Bonchev–Trinajstić information content (AvgIpc) is 2.27. The van der Waals surface area contributed by atoms with Gasteiger partial charge in [-0.05, 0) is 24.5 Å². The Kier molecular flexibility index (Phi) is 6.14. The van der Waals surface area contributed by atoms with Crippen LogP contribution in [0, 0.1) is 5.92 Å². The topological polar surface area (TPSA) is 78.2 Å². The molecule has 2 unspecified atom stereocenters. The van der Waals surface area contributed by atoms with E-state index in [4.69, 9.17) is 5.73 Å². The Morgan fingerprint density at radius 3 is 2.78 bits per heavy atom.